The monoisotopic (exact) mass is 126 g/mol. The summed E-state index contributed by atoms with van der Waals surface area (Å²) in [5, 5.41) is 11.0. The Morgan fingerprint density at radius 1 is 1.67 bits per heavy atom. The summed E-state index contributed by atoms with van der Waals surface area (Å²) in [5.74, 6) is 1.04. The lowest BCUT2D eigenvalue weighted by molar-refractivity contribution is 0.324. The van der Waals surface area contributed by atoms with Gasteiger partial charge in [-0.3, -0.25) is 5.41 Å². The largest absolute Gasteiger partial charge is 0.388 e. The van der Waals surface area contributed by atoms with Crippen molar-refractivity contribution in [2.45, 2.75) is 12.8 Å². The molecule has 1 rings (SSSR count). The molecule has 3 heteroatoms. The van der Waals surface area contributed by atoms with Gasteiger partial charge in [0.2, 0.25) is 0 Å². The first-order chi connectivity index (χ1) is 4.29. The SMILES string of the molecule is N=C(N)CCC1C[N]C1. The molecule has 51 valence electrons. The number of hydrogen-bond acceptors (Lipinski definition) is 1. The molecule has 1 fully saturated rings. The first-order valence-corrected chi connectivity index (χ1v) is 3.25. The van der Waals surface area contributed by atoms with Gasteiger partial charge in [-0.1, -0.05) is 0 Å². The van der Waals surface area contributed by atoms with Crippen molar-refractivity contribution in [3.8, 4) is 0 Å². The smallest absolute Gasteiger partial charge is 0.0905 e. The molecule has 1 heterocycles. The predicted molar refractivity (Wildman–Crippen MR) is 36.5 cm³/mol. The summed E-state index contributed by atoms with van der Waals surface area (Å²) >= 11 is 0. The molecular formula is C6H12N3. The molecule has 0 aromatic carbocycles. The van der Waals surface area contributed by atoms with Crippen molar-refractivity contribution < 1.29 is 0 Å². The van der Waals surface area contributed by atoms with E-state index in [1.54, 1.807) is 0 Å². The molecule has 1 radical (unpaired) electrons. The van der Waals surface area contributed by atoms with Crippen LogP contribution in [0.15, 0.2) is 0 Å². The number of hydrogen-bond donors (Lipinski definition) is 2. The summed E-state index contributed by atoms with van der Waals surface area (Å²) in [4.78, 5) is 0. The quantitative estimate of drug-likeness (QED) is 0.403. The van der Waals surface area contributed by atoms with Gasteiger partial charge in [-0.05, 0) is 12.3 Å². The second kappa shape index (κ2) is 2.82. The normalized spacial score (nSPS) is 19.1. The summed E-state index contributed by atoms with van der Waals surface area (Å²) in [6.07, 6.45) is 1.80. The van der Waals surface area contributed by atoms with Crippen molar-refractivity contribution in [1.82, 2.24) is 5.32 Å². The topological polar surface area (TPSA) is 64.0 Å². The molecule has 0 bridgehead atoms. The second-order valence-corrected chi connectivity index (χ2v) is 2.52. The molecule has 0 atom stereocenters. The Bertz CT molecular complexity index is 107. The molecule has 3 nitrogen and oxygen atoms in total. The standard InChI is InChI=1S/C6H12N3/c7-6(8)2-1-5-3-9-4-5/h5H,1-4H2,(H3,7,8). The van der Waals surface area contributed by atoms with Gasteiger partial charge in [-0.2, -0.15) is 0 Å². The summed E-state index contributed by atoms with van der Waals surface area (Å²) in [5.41, 5.74) is 5.17. The average molecular weight is 126 g/mol. The first-order valence-electron chi connectivity index (χ1n) is 3.25. The van der Waals surface area contributed by atoms with Crippen LogP contribution < -0.4 is 11.1 Å². The van der Waals surface area contributed by atoms with E-state index in [1.807, 2.05) is 0 Å². The fourth-order valence-electron chi connectivity index (χ4n) is 0.854. The van der Waals surface area contributed by atoms with Crippen LogP contribution in [0, 0.1) is 11.3 Å². The highest BCUT2D eigenvalue weighted by Crippen LogP contribution is 2.11. The maximum Gasteiger partial charge on any atom is 0.0905 e. The number of nitrogens with two attached hydrogens (primary N) is 1. The van der Waals surface area contributed by atoms with Crippen LogP contribution in [0.2, 0.25) is 0 Å². The molecule has 0 aromatic heterocycles. The minimum Gasteiger partial charge on any atom is -0.388 e. The van der Waals surface area contributed by atoms with Gasteiger partial charge >= 0.3 is 0 Å². The van der Waals surface area contributed by atoms with Crippen molar-refractivity contribution in [3.05, 3.63) is 0 Å². The maximum atomic E-state index is 6.93. The lowest BCUT2D eigenvalue weighted by atomic mass is 9.97. The number of nitrogens with zero attached hydrogens (tertiary/aromatic N) is 1. The van der Waals surface area contributed by atoms with Crippen molar-refractivity contribution in [2.24, 2.45) is 11.7 Å². The van der Waals surface area contributed by atoms with Crippen LogP contribution in [0.3, 0.4) is 0 Å². The third-order valence-electron chi connectivity index (χ3n) is 1.60. The van der Waals surface area contributed by atoms with Crippen LogP contribution in [0.25, 0.3) is 0 Å². The van der Waals surface area contributed by atoms with Gasteiger partial charge in [0.05, 0.1) is 5.84 Å². The predicted octanol–water partition coefficient (Wildman–Crippen LogP) is -0.0632. The van der Waals surface area contributed by atoms with E-state index in [-0.39, 0.29) is 0 Å². The average Bonchev–Trinajstić information content (AvgIpc) is 1.60. The second-order valence-electron chi connectivity index (χ2n) is 2.52. The van der Waals surface area contributed by atoms with Crippen molar-refractivity contribution >= 4 is 5.84 Å². The summed E-state index contributed by atoms with van der Waals surface area (Å²) in [7, 11) is 0. The number of nitrogens with one attached hydrogen (secondary N) is 1. The fourth-order valence-corrected chi connectivity index (χ4v) is 0.854. The Kier molecular flexibility index (Phi) is 2.05. The van der Waals surface area contributed by atoms with Gasteiger partial charge in [0, 0.05) is 19.5 Å². The third kappa shape index (κ3) is 2.01. The minimum absolute atomic E-state index is 0.307. The summed E-state index contributed by atoms with van der Waals surface area (Å²) < 4.78 is 0. The van der Waals surface area contributed by atoms with Gasteiger partial charge in [0.25, 0.3) is 0 Å². The summed E-state index contributed by atoms with van der Waals surface area (Å²) in [6, 6.07) is 0. The van der Waals surface area contributed by atoms with Crippen molar-refractivity contribution in [2.75, 3.05) is 13.1 Å². The van der Waals surface area contributed by atoms with E-state index < -0.39 is 0 Å². The molecule has 0 amide bonds. The van der Waals surface area contributed by atoms with Crippen molar-refractivity contribution in [1.29, 1.82) is 5.41 Å². The molecule has 0 unspecified atom stereocenters. The van der Waals surface area contributed by atoms with Crippen LogP contribution in [0.1, 0.15) is 12.8 Å². The minimum atomic E-state index is 0.307. The molecule has 0 spiro atoms. The van der Waals surface area contributed by atoms with Crippen LogP contribution in [0.5, 0.6) is 0 Å². The Labute approximate surface area is 55.1 Å². The molecular weight excluding hydrogens is 114 g/mol. The zero-order valence-corrected chi connectivity index (χ0v) is 5.43. The van der Waals surface area contributed by atoms with Gasteiger partial charge in [0.1, 0.15) is 0 Å². The molecule has 1 aliphatic rings. The van der Waals surface area contributed by atoms with E-state index in [9.17, 15) is 0 Å². The van der Waals surface area contributed by atoms with Gasteiger partial charge in [-0.15, -0.1) is 0 Å². The van der Waals surface area contributed by atoms with E-state index in [0.29, 0.717) is 5.84 Å². The lowest BCUT2D eigenvalue weighted by Gasteiger charge is -2.24. The number of rotatable bonds is 3. The van der Waals surface area contributed by atoms with Crippen molar-refractivity contribution in [3.63, 3.8) is 0 Å². The van der Waals surface area contributed by atoms with E-state index in [1.165, 1.54) is 0 Å². The van der Waals surface area contributed by atoms with Crippen LogP contribution >= 0.6 is 0 Å². The van der Waals surface area contributed by atoms with Gasteiger partial charge < -0.3 is 5.73 Å². The molecule has 1 saturated heterocycles. The molecule has 0 aromatic rings. The lowest BCUT2D eigenvalue weighted by Crippen LogP contribution is -2.36. The number of amidine groups is 1. The highest BCUT2D eigenvalue weighted by Gasteiger charge is 2.17. The first kappa shape index (κ1) is 6.55. The fraction of sp³-hybridized carbons (Fsp3) is 0.833. The Balaban J connectivity index is 1.97. The van der Waals surface area contributed by atoms with Crippen LogP contribution in [0.4, 0.5) is 0 Å². The molecule has 0 aliphatic carbocycles. The Hall–Kier alpha value is -0.570. The highest BCUT2D eigenvalue weighted by atomic mass is 14.9. The Morgan fingerprint density at radius 2 is 2.33 bits per heavy atom. The Morgan fingerprint density at radius 3 is 2.67 bits per heavy atom. The van der Waals surface area contributed by atoms with E-state index in [2.05, 4.69) is 5.32 Å². The maximum absolute atomic E-state index is 6.93. The van der Waals surface area contributed by atoms with Gasteiger partial charge in [-0.25, -0.2) is 5.32 Å². The third-order valence-corrected chi connectivity index (χ3v) is 1.60. The van der Waals surface area contributed by atoms with Crippen LogP contribution in [-0.2, 0) is 0 Å². The molecule has 3 N–H and O–H groups in total. The van der Waals surface area contributed by atoms with Crippen LogP contribution in [-0.4, -0.2) is 18.9 Å². The van der Waals surface area contributed by atoms with E-state index in [0.717, 1.165) is 31.8 Å². The molecule has 9 heavy (non-hydrogen) atoms. The van der Waals surface area contributed by atoms with E-state index >= 15 is 0 Å². The molecule has 1 aliphatic heterocycles. The zero-order chi connectivity index (χ0) is 6.69. The van der Waals surface area contributed by atoms with E-state index in [4.69, 9.17) is 11.1 Å². The highest BCUT2D eigenvalue weighted by molar-refractivity contribution is 5.76. The summed E-state index contributed by atoms with van der Waals surface area (Å²) in [6.45, 7) is 1.99. The van der Waals surface area contributed by atoms with Gasteiger partial charge in [0.15, 0.2) is 0 Å². The molecule has 0 saturated carbocycles. The zero-order valence-electron chi connectivity index (χ0n) is 5.43.